The summed E-state index contributed by atoms with van der Waals surface area (Å²) in [6.07, 6.45) is 3.84. The van der Waals surface area contributed by atoms with Crippen LogP contribution < -0.4 is 5.32 Å². The van der Waals surface area contributed by atoms with Gasteiger partial charge in [-0.25, -0.2) is 0 Å². The van der Waals surface area contributed by atoms with E-state index in [2.05, 4.69) is 57.8 Å². The van der Waals surface area contributed by atoms with Crippen LogP contribution in [0.4, 0.5) is 5.82 Å². The second-order valence-corrected chi connectivity index (χ2v) is 5.47. The molecule has 7 nitrogen and oxygen atoms in total. The van der Waals surface area contributed by atoms with Gasteiger partial charge in [0.25, 0.3) is 0 Å². The van der Waals surface area contributed by atoms with Crippen molar-refractivity contribution in [1.29, 1.82) is 0 Å². The van der Waals surface area contributed by atoms with Gasteiger partial charge >= 0.3 is 0 Å². The van der Waals surface area contributed by atoms with Gasteiger partial charge in [0.2, 0.25) is 0 Å². The topological polar surface area (TPSA) is 71.2 Å². The lowest BCUT2D eigenvalue weighted by atomic mass is 10.0. The Hall–Kier alpha value is -2.28. The fourth-order valence-electron chi connectivity index (χ4n) is 2.42. The van der Waals surface area contributed by atoms with Crippen LogP contribution in [0.1, 0.15) is 13.8 Å². The van der Waals surface area contributed by atoms with E-state index in [1.807, 2.05) is 24.3 Å². The number of nitrogens with one attached hydrogen (secondary N) is 1. The lowest BCUT2D eigenvalue weighted by molar-refractivity contribution is 0.199. The molecule has 0 aliphatic rings. The molecule has 1 N–H and O–H groups in total. The standard InChI is InChI=1S/C15H23N7/c1-5-9-21(10-6-2)13(12(3)4)11-16-14-7-8-15-17-19-20-22(15)18-14/h5-8,12-13H,1-2,9-11H2,3-4H3,(H,16,18). The lowest BCUT2D eigenvalue weighted by Gasteiger charge is -2.33. The highest BCUT2D eigenvalue weighted by molar-refractivity contribution is 5.42. The van der Waals surface area contributed by atoms with Gasteiger partial charge in [0, 0.05) is 25.7 Å². The van der Waals surface area contributed by atoms with Crippen LogP contribution in [-0.2, 0) is 0 Å². The van der Waals surface area contributed by atoms with Crippen LogP contribution in [0.5, 0.6) is 0 Å². The summed E-state index contributed by atoms with van der Waals surface area (Å²) in [4.78, 5) is 2.34. The predicted molar refractivity (Wildman–Crippen MR) is 87.7 cm³/mol. The van der Waals surface area contributed by atoms with Crippen molar-refractivity contribution >= 4 is 11.5 Å². The third kappa shape index (κ3) is 3.88. The third-order valence-electron chi connectivity index (χ3n) is 3.53. The average Bonchev–Trinajstić information content (AvgIpc) is 2.95. The summed E-state index contributed by atoms with van der Waals surface area (Å²) >= 11 is 0. The highest BCUT2D eigenvalue weighted by Crippen LogP contribution is 2.13. The maximum absolute atomic E-state index is 4.33. The van der Waals surface area contributed by atoms with Crippen LogP contribution in [-0.4, -0.2) is 55.8 Å². The summed E-state index contributed by atoms with van der Waals surface area (Å²) in [7, 11) is 0. The molecule has 0 radical (unpaired) electrons. The second-order valence-electron chi connectivity index (χ2n) is 5.47. The minimum atomic E-state index is 0.349. The molecule has 2 aromatic heterocycles. The SMILES string of the molecule is C=CCN(CC=C)C(CNc1ccc2nnnn2n1)C(C)C. The quantitative estimate of drug-likeness (QED) is 0.710. The molecule has 0 amide bonds. The highest BCUT2D eigenvalue weighted by Gasteiger charge is 2.20. The lowest BCUT2D eigenvalue weighted by Crippen LogP contribution is -2.44. The van der Waals surface area contributed by atoms with E-state index in [1.165, 1.54) is 4.63 Å². The minimum Gasteiger partial charge on any atom is -0.367 e. The van der Waals surface area contributed by atoms with Crippen molar-refractivity contribution in [2.24, 2.45) is 5.92 Å². The zero-order valence-electron chi connectivity index (χ0n) is 13.2. The fourth-order valence-corrected chi connectivity index (χ4v) is 2.42. The fraction of sp³-hybridized carbons (Fsp3) is 0.467. The molecule has 0 saturated carbocycles. The number of rotatable bonds is 9. The zero-order chi connectivity index (χ0) is 15.9. The molecule has 2 heterocycles. The van der Waals surface area contributed by atoms with Gasteiger partial charge in [-0.05, 0) is 28.5 Å². The summed E-state index contributed by atoms with van der Waals surface area (Å²) in [5.41, 5.74) is 0.630. The Morgan fingerprint density at radius 1 is 1.27 bits per heavy atom. The minimum absolute atomic E-state index is 0.349. The second kappa shape index (κ2) is 7.65. The molecule has 0 saturated heterocycles. The number of fused-ring (bicyclic) bond motifs is 1. The first-order chi connectivity index (χ1) is 10.7. The summed E-state index contributed by atoms with van der Waals surface area (Å²) in [6, 6.07) is 4.07. The molecule has 2 aromatic rings. The van der Waals surface area contributed by atoms with Crippen molar-refractivity contribution in [2.45, 2.75) is 19.9 Å². The predicted octanol–water partition coefficient (Wildman–Crippen LogP) is 1.63. The maximum Gasteiger partial charge on any atom is 0.200 e. The monoisotopic (exact) mass is 301 g/mol. The Morgan fingerprint density at radius 2 is 2.00 bits per heavy atom. The first kappa shape index (κ1) is 16.1. The number of hydrogen-bond donors (Lipinski definition) is 1. The first-order valence-electron chi connectivity index (χ1n) is 7.40. The van der Waals surface area contributed by atoms with Gasteiger partial charge in [-0.3, -0.25) is 4.90 Å². The maximum atomic E-state index is 4.33. The Bertz CT molecular complexity index is 609. The van der Waals surface area contributed by atoms with Crippen LogP contribution >= 0.6 is 0 Å². The van der Waals surface area contributed by atoms with E-state index in [0.29, 0.717) is 17.6 Å². The number of anilines is 1. The molecule has 0 aliphatic heterocycles. The Labute approximate surface area is 130 Å². The summed E-state index contributed by atoms with van der Waals surface area (Å²) in [5.74, 6) is 1.24. The van der Waals surface area contributed by atoms with E-state index < -0.39 is 0 Å². The molecule has 0 bridgehead atoms. The van der Waals surface area contributed by atoms with Crippen molar-refractivity contribution in [3.05, 3.63) is 37.4 Å². The normalized spacial score (nSPS) is 12.7. The van der Waals surface area contributed by atoms with E-state index in [0.717, 1.165) is 25.5 Å². The van der Waals surface area contributed by atoms with Crippen molar-refractivity contribution in [3.63, 3.8) is 0 Å². The zero-order valence-corrected chi connectivity index (χ0v) is 13.2. The van der Waals surface area contributed by atoms with Gasteiger partial charge in [0.05, 0.1) is 0 Å². The van der Waals surface area contributed by atoms with Crippen molar-refractivity contribution in [1.82, 2.24) is 30.2 Å². The molecule has 0 spiro atoms. The molecule has 7 heteroatoms. The highest BCUT2D eigenvalue weighted by atomic mass is 15.6. The molecule has 0 aromatic carbocycles. The third-order valence-corrected chi connectivity index (χ3v) is 3.53. The largest absolute Gasteiger partial charge is 0.367 e. The van der Waals surface area contributed by atoms with Crippen LogP contribution in [0.25, 0.3) is 5.65 Å². The van der Waals surface area contributed by atoms with Crippen LogP contribution in [0.3, 0.4) is 0 Å². The Morgan fingerprint density at radius 3 is 2.64 bits per heavy atom. The summed E-state index contributed by atoms with van der Waals surface area (Å²) < 4.78 is 1.41. The molecule has 22 heavy (non-hydrogen) atoms. The van der Waals surface area contributed by atoms with Crippen LogP contribution in [0, 0.1) is 5.92 Å². The summed E-state index contributed by atoms with van der Waals surface area (Å²) in [6.45, 7) is 14.5. The summed E-state index contributed by atoms with van der Waals surface area (Å²) in [5, 5.41) is 18.9. The van der Waals surface area contributed by atoms with Crippen LogP contribution in [0.2, 0.25) is 0 Å². The average molecular weight is 301 g/mol. The van der Waals surface area contributed by atoms with Gasteiger partial charge in [-0.15, -0.1) is 28.0 Å². The van der Waals surface area contributed by atoms with Gasteiger partial charge in [-0.1, -0.05) is 26.0 Å². The van der Waals surface area contributed by atoms with Crippen LogP contribution in [0.15, 0.2) is 37.4 Å². The number of nitrogens with zero attached hydrogens (tertiary/aromatic N) is 6. The molecular weight excluding hydrogens is 278 g/mol. The van der Waals surface area contributed by atoms with Crippen molar-refractivity contribution in [3.8, 4) is 0 Å². The molecule has 2 rings (SSSR count). The van der Waals surface area contributed by atoms with Gasteiger partial charge in [0.15, 0.2) is 5.65 Å². The number of tetrazole rings is 1. The molecule has 0 aliphatic carbocycles. The molecule has 0 fully saturated rings. The van der Waals surface area contributed by atoms with E-state index in [4.69, 9.17) is 0 Å². The van der Waals surface area contributed by atoms with E-state index in [-0.39, 0.29) is 0 Å². The molecular formula is C15H23N7. The molecule has 1 atom stereocenters. The smallest absolute Gasteiger partial charge is 0.200 e. The Balaban J connectivity index is 2.06. The van der Waals surface area contributed by atoms with Gasteiger partial charge < -0.3 is 5.32 Å². The van der Waals surface area contributed by atoms with E-state index >= 15 is 0 Å². The van der Waals surface area contributed by atoms with Crippen molar-refractivity contribution in [2.75, 3.05) is 25.0 Å². The van der Waals surface area contributed by atoms with Gasteiger partial charge in [0.1, 0.15) is 5.82 Å². The van der Waals surface area contributed by atoms with Gasteiger partial charge in [-0.2, -0.15) is 0 Å². The number of hydrogen-bond acceptors (Lipinski definition) is 6. The first-order valence-corrected chi connectivity index (χ1v) is 7.40. The molecule has 118 valence electrons. The number of aromatic nitrogens is 5. The van der Waals surface area contributed by atoms with E-state index in [1.54, 1.807) is 0 Å². The van der Waals surface area contributed by atoms with E-state index in [9.17, 15) is 0 Å². The van der Waals surface area contributed by atoms with Crippen molar-refractivity contribution < 1.29 is 0 Å². The Kier molecular flexibility index (Phi) is 5.60. The molecule has 1 unspecified atom stereocenters.